The highest BCUT2D eigenvalue weighted by Crippen LogP contribution is 2.35. The molecule has 7 heteroatoms. The van der Waals surface area contributed by atoms with Gasteiger partial charge in [0, 0.05) is 19.3 Å². The van der Waals surface area contributed by atoms with Crippen molar-refractivity contribution in [3.63, 3.8) is 0 Å². The minimum absolute atomic E-state index is 0.127. The number of aromatic hydroxyl groups is 1. The molecule has 0 saturated carbocycles. The third-order valence-corrected chi connectivity index (χ3v) is 4.42. The molecule has 0 bridgehead atoms. The Hall–Kier alpha value is -3.22. The lowest BCUT2D eigenvalue weighted by molar-refractivity contribution is -0.125. The number of benzene rings is 2. The van der Waals surface area contributed by atoms with Gasteiger partial charge in [-0.05, 0) is 55.7 Å². The first-order valence-electron chi connectivity index (χ1n) is 8.85. The van der Waals surface area contributed by atoms with E-state index in [2.05, 4.69) is 10.6 Å². The third-order valence-electron chi connectivity index (χ3n) is 4.42. The van der Waals surface area contributed by atoms with Crippen molar-refractivity contribution in [2.45, 2.75) is 25.9 Å². The molecule has 1 aliphatic heterocycles. The number of likely N-dealkylation sites (N-methyl/N-ethyl adjacent to an activating group) is 1. The molecule has 0 unspecified atom stereocenters. The third kappa shape index (κ3) is 4.49. The Morgan fingerprint density at radius 2 is 1.96 bits per heavy atom. The number of amides is 3. The molecule has 3 N–H and O–H groups in total. The first-order chi connectivity index (χ1) is 12.9. The summed E-state index contributed by atoms with van der Waals surface area (Å²) in [6.45, 7) is 2.23. The van der Waals surface area contributed by atoms with Gasteiger partial charge in [0.25, 0.3) is 5.91 Å². The number of phenolic OH excluding ortho intramolecular Hbond substituents is 1. The van der Waals surface area contributed by atoms with E-state index in [1.165, 1.54) is 4.90 Å². The van der Waals surface area contributed by atoms with Gasteiger partial charge in [-0.15, -0.1) is 0 Å². The maximum Gasteiger partial charge on any atom is 0.319 e. The van der Waals surface area contributed by atoms with Gasteiger partial charge in [0.15, 0.2) is 6.10 Å². The summed E-state index contributed by atoms with van der Waals surface area (Å²) in [4.78, 5) is 25.6. The second-order valence-electron chi connectivity index (χ2n) is 6.49. The van der Waals surface area contributed by atoms with Crippen LogP contribution in [-0.2, 0) is 11.2 Å². The molecule has 7 nitrogen and oxygen atoms in total. The number of phenols is 1. The van der Waals surface area contributed by atoms with Crippen LogP contribution in [0.1, 0.15) is 18.9 Å². The van der Waals surface area contributed by atoms with E-state index in [1.807, 2.05) is 12.1 Å². The van der Waals surface area contributed by atoms with Gasteiger partial charge in [-0.1, -0.05) is 12.1 Å². The van der Waals surface area contributed by atoms with Crippen molar-refractivity contribution in [1.29, 1.82) is 0 Å². The fraction of sp³-hybridized carbons (Fsp3) is 0.300. The number of fused-ring (bicyclic) bond motifs is 1. The summed E-state index contributed by atoms with van der Waals surface area (Å²) in [5.41, 5.74) is 2.32. The van der Waals surface area contributed by atoms with Gasteiger partial charge in [0.1, 0.15) is 11.5 Å². The first kappa shape index (κ1) is 18.6. The monoisotopic (exact) mass is 369 g/mol. The average Bonchev–Trinajstić information content (AvgIpc) is 2.65. The van der Waals surface area contributed by atoms with Crippen LogP contribution >= 0.6 is 0 Å². The summed E-state index contributed by atoms with van der Waals surface area (Å²) in [7, 11) is 1.69. The number of nitrogens with zero attached hydrogens (tertiary/aromatic N) is 1. The molecule has 0 aromatic heterocycles. The Kier molecular flexibility index (Phi) is 5.49. The number of ether oxygens (including phenoxy) is 1. The van der Waals surface area contributed by atoms with E-state index in [0.29, 0.717) is 23.7 Å². The van der Waals surface area contributed by atoms with E-state index in [9.17, 15) is 14.7 Å². The molecule has 142 valence electrons. The Bertz CT molecular complexity index is 836. The minimum Gasteiger partial charge on any atom is -0.508 e. The molecular formula is C20H23N3O4. The predicted octanol–water partition coefficient (Wildman–Crippen LogP) is 2.89. The first-order valence-corrected chi connectivity index (χ1v) is 8.85. The number of aryl methyl sites for hydroxylation is 1. The highest BCUT2D eigenvalue weighted by atomic mass is 16.5. The normalized spacial score (nSPS) is 15.7. The molecule has 0 fully saturated rings. The van der Waals surface area contributed by atoms with E-state index in [0.717, 1.165) is 18.4 Å². The Morgan fingerprint density at radius 1 is 1.22 bits per heavy atom. The number of anilines is 2. The lowest BCUT2D eigenvalue weighted by Crippen LogP contribution is -2.42. The Morgan fingerprint density at radius 3 is 2.70 bits per heavy atom. The molecule has 1 aliphatic rings. The number of hydrogen-bond acceptors (Lipinski definition) is 4. The van der Waals surface area contributed by atoms with Gasteiger partial charge in [-0.25, -0.2) is 4.79 Å². The summed E-state index contributed by atoms with van der Waals surface area (Å²) in [5, 5.41) is 14.8. The molecule has 0 spiro atoms. The number of urea groups is 1. The maximum absolute atomic E-state index is 12.1. The zero-order valence-corrected chi connectivity index (χ0v) is 15.4. The van der Waals surface area contributed by atoms with Gasteiger partial charge in [-0.2, -0.15) is 0 Å². The van der Waals surface area contributed by atoms with Crippen molar-refractivity contribution in [3.05, 3.63) is 48.0 Å². The Labute approximate surface area is 157 Å². The molecule has 2 aromatic carbocycles. The maximum atomic E-state index is 12.1. The van der Waals surface area contributed by atoms with Crippen LogP contribution < -0.4 is 20.3 Å². The molecule has 0 saturated heterocycles. The highest BCUT2D eigenvalue weighted by molar-refractivity contribution is 6.00. The molecule has 27 heavy (non-hydrogen) atoms. The fourth-order valence-electron chi connectivity index (χ4n) is 2.92. The average molecular weight is 369 g/mol. The summed E-state index contributed by atoms with van der Waals surface area (Å²) in [6.07, 6.45) is 1.07. The molecule has 2 aromatic rings. The topological polar surface area (TPSA) is 90.9 Å². The quantitative estimate of drug-likeness (QED) is 0.707. The molecule has 1 heterocycles. The largest absolute Gasteiger partial charge is 0.508 e. The predicted molar refractivity (Wildman–Crippen MR) is 103 cm³/mol. The molecule has 0 aliphatic carbocycles. The number of carbonyl (C=O) groups excluding carboxylic acids is 2. The van der Waals surface area contributed by atoms with Crippen LogP contribution in [-0.4, -0.2) is 36.7 Å². The van der Waals surface area contributed by atoms with Gasteiger partial charge >= 0.3 is 6.03 Å². The van der Waals surface area contributed by atoms with Crippen molar-refractivity contribution in [1.82, 2.24) is 5.32 Å². The van der Waals surface area contributed by atoms with Crippen molar-refractivity contribution >= 4 is 23.3 Å². The lowest BCUT2D eigenvalue weighted by Gasteiger charge is -2.30. The molecule has 1 atom stereocenters. The SMILES string of the molecule is C[C@H]1Oc2ccc(NC(=O)NCCCc3ccc(O)cc3)cc2N(C)C1=O. The molecule has 3 amide bonds. The lowest BCUT2D eigenvalue weighted by atomic mass is 10.1. The van der Waals surface area contributed by atoms with E-state index < -0.39 is 6.10 Å². The number of nitrogens with one attached hydrogen (secondary N) is 2. The van der Waals surface area contributed by atoms with Crippen LogP contribution in [0.3, 0.4) is 0 Å². The zero-order chi connectivity index (χ0) is 19.4. The van der Waals surface area contributed by atoms with Gasteiger partial charge in [0.2, 0.25) is 0 Å². The number of rotatable bonds is 5. The van der Waals surface area contributed by atoms with Crippen molar-refractivity contribution in [3.8, 4) is 11.5 Å². The van der Waals surface area contributed by atoms with Crippen LogP contribution in [0, 0.1) is 0 Å². The standard InChI is InChI=1S/C20H23N3O4/c1-13-19(25)23(2)17-12-15(7-10-18(17)27-13)22-20(26)21-11-3-4-14-5-8-16(24)9-6-14/h5-10,12-13,24H,3-4,11H2,1-2H3,(H2,21,22,26)/t13-/m1/s1. The Balaban J connectivity index is 1.49. The second-order valence-corrected chi connectivity index (χ2v) is 6.49. The summed E-state index contributed by atoms with van der Waals surface area (Å²) in [6, 6.07) is 11.9. The van der Waals surface area contributed by atoms with E-state index in [-0.39, 0.29) is 17.7 Å². The molecule has 0 radical (unpaired) electrons. The van der Waals surface area contributed by atoms with Crippen LogP contribution in [0.2, 0.25) is 0 Å². The second kappa shape index (κ2) is 7.99. The van der Waals surface area contributed by atoms with Crippen LogP contribution in [0.15, 0.2) is 42.5 Å². The molecule has 3 rings (SSSR count). The molecular weight excluding hydrogens is 346 g/mol. The zero-order valence-electron chi connectivity index (χ0n) is 15.4. The van der Waals surface area contributed by atoms with Gasteiger partial charge < -0.3 is 25.4 Å². The summed E-state index contributed by atoms with van der Waals surface area (Å²) < 4.78 is 5.57. The fourth-order valence-corrected chi connectivity index (χ4v) is 2.92. The van der Waals surface area contributed by atoms with Crippen LogP contribution in [0.5, 0.6) is 11.5 Å². The van der Waals surface area contributed by atoms with Crippen molar-refractivity contribution < 1.29 is 19.4 Å². The van der Waals surface area contributed by atoms with E-state index in [1.54, 1.807) is 44.3 Å². The van der Waals surface area contributed by atoms with Gasteiger partial charge in [0.05, 0.1) is 5.69 Å². The van der Waals surface area contributed by atoms with E-state index >= 15 is 0 Å². The number of carbonyl (C=O) groups is 2. The smallest absolute Gasteiger partial charge is 0.319 e. The number of hydrogen-bond donors (Lipinski definition) is 3. The van der Waals surface area contributed by atoms with E-state index in [4.69, 9.17) is 4.74 Å². The summed E-state index contributed by atoms with van der Waals surface area (Å²) >= 11 is 0. The van der Waals surface area contributed by atoms with Crippen LogP contribution in [0.4, 0.5) is 16.2 Å². The minimum atomic E-state index is -0.516. The van der Waals surface area contributed by atoms with Gasteiger partial charge in [-0.3, -0.25) is 4.79 Å². The highest BCUT2D eigenvalue weighted by Gasteiger charge is 2.29. The van der Waals surface area contributed by atoms with Crippen molar-refractivity contribution in [2.75, 3.05) is 23.8 Å². The summed E-state index contributed by atoms with van der Waals surface area (Å²) in [5.74, 6) is 0.733. The van der Waals surface area contributed by atoms with Crippen LogP contribution in [0.25, 0.3) is 0 Å². The van der Waals surface area contributed by atoms with Crippen molar-refractivity contribution in [2.24, 2.45) is 0 Å².